The molecule has 1 N–H and O–H groups in total. The van der Waals surface area contributed by atoms with E-state index in [9.17, 15) is 9.18 Å². The van der Waals surface area contributed by atoms with Crippen LogP contribution < -0.4 is 5.32 Å². The molecule has 0 fully saturated rings. The molecule has 2 nitrogen and oxygen atoms in total. The Balaban J connectivity index is 2.06. The zero-order valence-electron chi connectivity index (χ0n) is 10.7. The Labute approximate surface area is 111 Å². The van der Waals surface area contributed by atoms with Gasteiger partial charge in [-0.3, -0.25) is 4.79 Å². The molecule has 1 aliphatic rings. The average molecular weight is 255 g/mol. The molecular formula is C16H14FNO. The van der Waals surface area contributed by atoms with Gasteiger partial charge in [-0.25, -0.2) is 4.39 Å². The molecule has 96 valence electrons. The van der Waals surface area contributed by atoms with Crippen LogP contribution in [0.15, 0.2) is 36.4 Å². The van der Waals surface area contributed by atoms with Crippen molar-refractivity contribution in [3.8, 4) is 11.1 Å². The second kappa shape index (κ2) is 4.50. The van der Waals surface area contributed by atoms with Crippen molar-refractivity contribution in [2.75, 3.05) is 6.54 Å². The first-order valence-electron chi connectivity index (χ1n) is 6.33. The Morgan fingerprint density at radius 1 is 1.11 bits per heavy atom. The third-order valence-electron chi connectivity index (χ3n) is 3.52. The molecule has 0 bridgehead atoms. The van der Waals surface area contributed by atoms with Gasteiger partial charge < -0.3 is 5.32 Å². The van der Waals surface area contributed by atoms with E-state index in [4.69, 9.17) is 0 Å². The lowest BCUT2D eigenvalue weighted by Crippen LogP contribution is -2.31. The Morgan fingerprint density at radius 3 is 2.63 bits per heavy atom. The molecule has 1 heterocycles. The lowest BCUT2D eigenvalue weighted by atomic mass is 9.94. The van der Waals surface area contributed by atoms with Crippen molar-refractivity contribution in [1.29, 1.82) is 0 Å². The number of rotatable bonds is 1. The number of hydrogen-bond acceptors (Lipinski definition) is 1. The molecule has 2 aromatic carbocycles. The number of aryl methyl sites for hydroxylation is 1. The van der Waals surface area contributed by atoms with E-state index < -0.39 is 0 Å². The summed E-state index contributed by atoms with van der Waals surface area (Å²) in [7, 11) is 0. The van der Waals surface area contributed by atoms with Crippen LogP contribution in [0.1, 0.15) is 21.5 Å². The maximum Gasteiger partial charge on any atom is 0.251 e. The minimum atomic E-state index is -0.193. The molecule has 19 heavy (non-hydrogen) atoms. The van der Waals surface area contributed by atoms with E-state index in [0.717, 1.165) is 28.7 Å². The molecule has 0 aliphatic carbocycles. The van der Waals surface area contributed by atoms with Gasteiger partial charge in [0.2, 0.25) is 0 Å². The van der Waals surface area contributed by atoms with Gasteiger partial charge >= 0.3 is 0 Å². The number of carbonyl (C=O) groups excluding carboxylic acids is 1. The van der Waals surface area contributed by atoms with Crippen molar-refractivity contribution in [2.45, 2.75) is 13.3 Å². The van der Waals surface area contributed by atoms with Gasteiger partial charge in [-0.15, -0.1) is 0 Å². The summed E-state index contributed by atoms with van der Waals surface area (Å²) in [6, 6.07) is 10.9. The van der Waals surface area contributed by atoms with Crippen LogP contribution in [-0.2, 0) is 6.42 Å². The van der Waals surface area contributed by atoms with E-state index >= 15 is 0 Å². The third-order valence-corrected chi connectivity index (χ3v) is 3.52. The molecule has 0 saturated carbocycles. The van der Waals surface area contributed by atoms with Crippen LogP contribution >= 0.6 is 0 Å². The van der Waals surface area contributed by atoms with Crippen molar-refractivity contribution in [1.82, 2.24) is 5.32 Å². The van der Waals surface area contributed by atoms with E-state index in [1.165, 1.54) is 6.07 Å². The van der Waals surface area contributed by atoms with Crippen LogP contribution in [0.4, 0.5) is 4.39 Å². The van der Waals surface area contributed by atoms with Crippen molar-refractivity contribution in [2.24, 2.45) is 0 Å². The first kappa shape index (κ1) is 11.9. The standard InChI is InChI=1S/C16H14FNO/c1-10-8-11(3-5-15(10)17)12-2-4-14-13(9-12)6-7-18-16(14)19/h2-5,8-9H,6-7H2,1H3,(H,18,19). The van der Waals surface area contributed by atoms with Crippen molar-refractivity contribution in [3.05, 3.63) is 58.9 Å². The maximum absolute atomic E-state index is 13.3. The fraction of sp³-hybridized carbons (Fsp3) is 0.188. The second-order valence-electron chi connectivity index (χ2n) is 4.84. The van der Waals surface area contributed by atoms with E-state index in [0.29, 0.717) is 12.1 Å². The van der Waals surface area contributed by atoms with Crippen molar-refractivity contribution < 1.29 is 9.18 Å². The largest absolute Gasteiger partial charge is 0.352 e. The number of halogens is 1. The normalized spacial score (nSPS) is 13.9. The average Bonchev–Trinajstić information content (AvgIpc) is 2.42. The molecule has 3 heteroatoms. The van der Waals surface area contributed by atoms with Crippen LogP contribution in [0, 0.1) is 12.7 Å². The molecule has 0 aromatic heterocycles. The minimum absolute atomic E-state index is 0.0110. The monoisotopic (exact) mass is 255 g/mol. The lowest BCUT2D eigenvalue weighted by Gasteiger charge is -2.17. The van der Waals surface area contributed by atoms with E-state index in [1.54, 1.807) is 13.0 Å². The fourth-order valence-corrected chi connectivity index (χ4v) is 2.43. The number of carbonyl (C=O) groups is 1. The highest BCUT2D eigenvalue weighted by Gasteiger charge is 2.16. The molecule has 0 unspecified atom stereocenters. The van der Waals surface area contributed by atoms with Gasteiger partial charge in [0, 0.05) is 12.1 Å². The Hall–Kier alpha value is -2.16. The molecule has 0 radical (unpaired) electrons. The maximum atomic E-state index is 13.3. The summed E-state index contributed by atoms with van der Waals surface area (Å²) in [6.07, 6.45) is 0.842. The summed E-state index contributed by atoms with van der Waals surface area (Å²) in [5.41, 5.74) is 4.44. The van der Waals surface area contributed by atoms with E-state index in [-0.39, 0.29) is 11.7 Å². The van der Waals surface area contributed by atoms with Gasteiger partial charge in [0.05, 0.1) is 0 Å². The number of fused-ring (bicyclic) bond motifs is 1. The van der Waals surface area contributed by atoms with Gasteiger partial charge in [-0.05, 0) is 53.8 Å². The highest BCUT2D eigenvalue weighted by molar-refractivity contribution is 5.97. The summed E-state index contributed by atoms with van der Waals surface area (Å²) in [6.45, 7) is 2.43. The first-order valence-corrected chi connectivity index (χ1v) is 6.33. The van der Waals surface area contributed by atoms with Crippen molar-refractivity contribution >= 4 is 5.91 Å². The number of benzene rings is 2. The van der Waals surface area contributed by atoms with Crippen LogP contribution in [0.3, 0.4) is 0 Å². The topological polar surface area (TPSA) is 29.1 Å². The molecule has 0 atom stereocenters. The highest BCUT2D eigenvalue weighted by Crippen LogP contribution is 2.25. The number of amides is 1. The minimum Gasteiger partial charge on any atom is -0.352 e. The Kier molecular flexibility index (Phi) is 2.82. The highest BCUT2D eigenvalue weighted by atomic mass is 19.1. The quantitative estimate of drug-likeness (QED) is 0.833. The SMILES string of the molecule is Cc1cc(-c2ccc3c(c2)CCNC3=O)ccc1F. The van der Waals surface area contributed by atoms with Crippen LogP contribution in [-0.4, -0.2) is 12.5 Å². The van der Waals surface area contributed by atoms with E-state index in [1.807, 2.05) is 24.3 Å². The molecule has 0 saturated heterocycles. The van der Waals surface area contributed by atoms with E-state index in [2.05, 4.69) is 5.32 Å². The van der Waals surface area contributed by atoms with Crippen LogP contribution in [0.25, 0.3) is 11.1 Å². The van der Waals surface area contributed by atoms with Crippen LogP contribution in [0.2, 0.25) is 0 Å². The molecule has 0 spiro atoms. The summed E-state index contributed by atoms with van der Waals surface area (Å²) < 4.78 is 13.3. The zero-order chi connectivity index (χ0) is 13.4. The third kappa shape index (κ3) is 2.12. The fourth-order valence-electron chi connectivity index (χ4n) is 2.43. The van der Waals surface area contributed by atoms with Crippen molar-refractivity contribution in [3.63, 3.8) is 0 Å². The number of hydrogen-bond donors (Lipinski definition) is 1. The summed E-state index contributed by atoms with van der Waals surface area (Å²) in [4.78, 5) is 11.7. The van der Waals surface area contributed by atoms with Crippen LogP contribution in [0.5, 0.6) is 0 Å². The molecule has 2 aromatic rings. The molecule has 1 amide bonds. The van der Waals surface area contributed by atoms with Gasteiger partial charge in [0.25, 0.3) is 5.91 Å². The summed E-state index contributed by atoms with van der Waals surface area (Å²) in [5, 5.41) is 2.83. The Bertz CT molecular complexity index is 664. The molecule has 1 aliphatic heterocycles. The Morgan fingerprint density at radius 2 is 1.84 bits per heavy atom. The molecular weight excluding hydrogens is 241 g/mol. The summed E-state index contributed by atoms with van der Waals surface area (Å²) in [5.74, 6) is -0.204. The number of nitrogens with one attached hydrogen (secondary N) is 1. The van der Waals surface area contributed by atoms with Gasteiger partial charge in [-0.2, -0.15) is 0 Å². The predicted molar refractivity (Wildman–Crippen MR) is 72.6 cm³/mol. The second-order valence-corrected chi connectivity index (χ2v) is 4.84. The zero-order valence-corrected chi connectivity index (χ0v) is 10.7. The summed E-state index contributed by atoms with van der Waals surface area (Å²) >= 11 is 0. The first-order chi connectivity index (χ1) is 9.15. The van der Waals surface area contributed by atoms with Gasteiger partial charge in [-0.1, -0.05) is 18.2 Å². The predicted octanol–water partition coefficient (Wildman–Crippen LogP) is 3.09. The smallest absolute Gasteiger partial charge is 0.251 e. The van der Waals surface area contributed by atoms with Gasteiger partial charge in [0.15, 0.2) is 0 Å². The van der Waals surface area contributed by atoms with Gasteiger partial charge in [0.1, 0.15) is 5.82 Å². The molecule has 3 rings (SSSR count). The lowest BCUT2D eigenvalue weighted by molar-refractivity contribution is 0.0946.